The summed E-state index contributed by atoms with van der Waals surface area (Å²) in [5.41, 5.74) is 1.86. The highest BCUT2D eigenvalue weighted by molar-refractivity contribution is 8.01. The van der Waals surface area contributed by atoms with Gasteiger partial charge in [-0.25, -0.2) is 4.98 Å². The molecule has 1 aromatic carbocycles. The predicted octanol–water partition coefficient (Wildman–Crippen LogP) is 2.82. The molecule has 0 saturated heterocycles. The second-order valence-electron chi connectivity index (χ2n) is 3.29. The number of carbonyl (C=O) groups is 1. The summed E-state index contributed by atoms with van der Waals surface area (Å²) in [6.07, 6.45) is 1.50. The zero-order valence-electron chi connectivity index (χ0n) is 8.71. The lowest BCUT2D eigenvalue weighted by atomic mass is 10.1. The van der Waals surface area contributed by atoms with Crippen LogP contribution in [0.15, 0.2) is 34.9 Å². The Balaban J connectivity index is 1.98. The molecule has 0 saturated carbocycles. The lowest BCUT2D eigenvalue weighted by Crippen LogP contribution is -2.02. The van der Waals surface area contributed by atoms with Crippen LogP contribution in [0.25, 0.3) is 0 Å². The van der Waals surface area contributed by atoms with Crippen LogP contribution in [0.2, 0.25) is 0 Å². The lowest BCUT2D eigenvalue weighted by Gasteiger charge is -2.00. The van der Waals surface area contributed by atoms with Crippen molar-refractivity contribution in [1.29, 1.82) is 0 Å². The second kappa shape index (κ2) is 5.23. The van der Waals surface area contributed by atoms with E-state index in [4.69, 9.17) is 0 Å². The summed E-state index contributed by atoms with van der Waals surface area (Å²) >= 11 is 2.74. The van der Waals surface area contributed by atoms with Crippen molar-refractivity contribution in [3.8, 4) is 0 Å². The Kier molecular flexibility index (Phi) is 3.69. The summed E-state index contributed by atoms with van der Waals surface area (Å²) in [5.74, 6) is 0.544. The number of aromatic nitrogens is 2. The van der Waals surface area contributed by atoms with E-state index in [0.29, 0.717) is 5.75 Å². The topological polar surface area (TPSA) is 42.9 Å². The molecule has 1 heterocycles. The summed E-state index contributed by atoms with van der Waals surface area (Å²) in [6.45, 7) is 1.98. The number of aryl methyl sites for hydroxylation is 1. The molecule has 0 atom stereocenters. The van der Waals surface area contributed by atoms with Gasteiger partial charge in [-0.2, -0.15) is 4.37 Å². The highest BCUT2D eigenvalue weighted by Crippen LogP contribution is 2.19. The largest absolute Gasteiger partial charge is 0.293 e. The molecule has 2 rings (SSSR count). The van der Waals surface area contributed by atoms with E-state index in [9.17, 15) is 4.79 Å². The summed E-state index contributed by atoms with van der Waals surface area (Å²) in [7, 11) is 0. The van der Waals surface area contributed by atoms with Crippen molar-refractivity contribution in [3.63, 3.8) is 0 Å². The van der Waals surface area contributed by atoms with E-state index in [1.54, 1.807) is 0 Å². The van der Waals surface area contributed by atoms with E-state index in [0.717, 1.165) is 15.5 Å². The maximum absolute atomic E-state index is 11.8. The van der Waals surface area contributed by atoms with Crippen LogP contribution in [0.4, 0.5) is 0 Å². The number of carbonyl (C=O) groups excluding carboxylic acids is 1. The number of nitrogens with zero attached hydrogens (tertiary/aromatic N) is 2. The van der Waals surface area contributed by atoms with Crippen molar-refractivity contribution in [1.82, 2.24) is 9.36 Å². The number of hydrogen-bond acceptors (Lipinski definition) is 5. The Hall–Kier alpha value is -1.20. The third-order valence-electron chi connectivity index (χ3n) is 2.01. The van der Waals surface area contributed by atoms with Crippen molar-refractivity contribution in [2.45, 2.75) is 11.3 Å². The molecule has 3 nitrogen and oxygen atoms in total. The fourth-order valence-corrected chi connectivity index (χ4v) is 2.59. The molecule has 82 valence electrons. The van der Waals surface area contributed by atoms with Gasteiger partial charge in [0.2, 0.25) is 0 Å². The van der Waals surface area contributed by atoms with Gasteiger partial charge in [0.25, 0.3) is 0 Å². The molecule has 1 aromatic heterocycles. The maximum Gasteiger partial charge on any atom is 0.173 e. The summed E-state index contributed by atoms with van der Waals surface area (Å²) < 4.78 is 4.72. The van der Waals surface area contributed by atoms with Crippen LogP contribution in [0.3, 0.4) is 0 Å². The van der Waals surface area contributed by atoms with Crippen LogP contribution < -0.4 is 0 Å². The molecule has 2 aromatic rings. The van der Waals surface area contributed by atoms with Gasteiger partial charge in [-0.3, -0.25) is 4.79 Å². The number of Topliss-reactive ketones (excluding diaryl/α,β-unsaturated/α-hetero) is 1. The van der Waals surface area contributed by atoms with E-state index in [1.165, 1.54) is 29.6 Å². The molecular formula is C11H10N2OS2. The van der Waals surface area contributed by atoms with Crippen LogP contribution >= 0.6 is 23.3 Å². The van der Waals surface area contributed by atoms with Gasteiger partial charge >= 0.3 is 0 Å². The van der Waals surface area contributed by atoms with Crippen molar-refractivity contribution >= 4 is 29.1 Å². The van der Waals surface area contributed by atoms with Gasteiger partial charge in [0.05, 0.1) is 5.75 Å². The minimum Gasteiger partial charge on any atom is -0.293 e. The van der Waals surface area contributed by atoms with Gasteiger partial charge in [-0.05, 0) is 24.5 Å². The molecule has 0 bridgehead atoms. The molecule has 0 radical (unpaired) electrons. The van der Waals surface area contributed by atoms with E-state index in [-0.39, 0.29) is 5.78 Å². The number of benzene rings is 1. The van der Waals surface area contributed by atoms with E-state index >= 15 is 0 Å². The second-order valence-corrected chi connectivity index (χ2v) is 5.29. The van der Waals surface area contributed by atoms with Crippen LogP contribution in [-0.4, -0.2) is 20.9 Å². The third kappa shape index (κ3) is 2.90. The van der Waals surface area contributed by atoms with Crippen molar-refractivity contribution in [2.24, 2.45) is 0 Å². The van der Waals surface area contributed by atoms with Crippen LogP contribution in [-0.2, 0) is 0 Å². The van der Waals surface area contributed by atoms with E-state index in [2.05, 4.69) is 9.36 Å². The first-order valence-electron chi connectivity index (χ1n) is 4.75. The quantitative estimate of drug-likeness (QED) is 0.618. The Labute approximate surface area is 102 Å². The highest BCUT2D eigenvalue weighted by atomic mass is 32.2. The smallest absolute Gasteiger partial charge is 0.173 e. The summed E-state index contributed by atoms with van der Waals surface area (Å²) in [6, 6.07) is 7.63. The van der Waals surface area contributed by atoms with Gasteiger partial charge in [-0.1, -0.05) is 35.5 Å². The minimum absolute atomic E-state index is 0.129. The van der Waals surface area contributed by atoms with Gasteiger partial charge in [0.15, 0.2) is 10.1 Å². The first-order valence-corrected chi connectivity index (χ1v) is 6.51. The average molecular weight is 250 g/mol. The lowest BCUT2D eigenvalue weighted by molar-refractivity contribution is 0.102. The van der Waals surface area contributed by atoms with Crippen LogP contribution in [0, 0.1) is 6.92 Å². The molecule has 0 spiro atoms. The number of thioether (sulfide) groups is 1. The highest BCUT2D eigenvalue weighted by Gasteiger charge is 2.07. The van der Waals surface area contributed by atoms with Crippen molar-refractivity contribution < 1.29 is 4.79 Å². The number of ketones is 1. The minimum atomic E-state index is 0.129. The Morgan fingerprint density at radius 3 is 3.06 bits per heavy atom. The van der Waals surface area contributed by atoms with E-state index in [1.807, 2.05) is 31.2 Å². The van der Waals surface area contributed by atoms with Crippen molar-refractivity contribution in [3.05, 3.63) is 41.7 Å². The number of rotatable bonds is 4. The fraction of sp³-hybridized carbons (Fsp3) is 0.182. The van der Waals surface area contributed by atoms with Crippen LogP contribution in [0.1, 0.15) is 15.9 Å². The molecular weight excluding hydrogens is 240 g/mol. The number of hydrogen-bond donors (Lipinski definition) is 0. The maximum atomic E-state index is 11.8. The molecule has 0 fully saturated rings. The molecule has 0 aliphatic heterocycles. The van der Waals surface area contributed by atoms with E-state index < -0.39 is 0 Å². The molecule has 0 aliphatic rings. The normalized spacial score (nSPS) is 10.3. The molecule has 0 amide bonds. The van der Waals surface area contributed by atoms with Gasteiger partial charge < -0.3 is 0 Å². The van der Waals surface area contributed by atoms with Crippen LogP contribution in [0.5, 0.6) is 0 Å². The molecule has 0 N–H and O–H groups in total. The zero-order chi connectivity index (χ0) is 11.4. The Bertz CT molecular complexity index is 482. The predicted molar refractivity (Wildman–Crippen MR) is 66.1 cm³/mol. The molecule has 16 heavy (non-hydrogen) atoms. The third-order valence-corrected chi connectivity index (χ3v) is 3.81. The monoisotopic (exact) mass is 250 g/mol. The Morgan fingerprint density at radius 1 is 1.50 bits per heavy atom. The summed E-state index contributed by atoms with van der Waals surface area (Å²) in [4.78, 5) is 15.8. The van der Waals surface area contributed by atoms with Gasteiger partial charge in [-0.15, -0.1) is 0 Å². The van der Waals surface area contributed by atoms with Gasteiger partial charge in [0, 0.05) is 5.56 Å². The zero-order valence-corrected chi connectivity index (χ0v) is 10.3. The SMILES string of the molecule is Cc1cccc(C(=O)CSc2ncns2)c1. The summed E-state index contributed by atoms with van der Waals surface area (Å²) in [5, 5.41) is 0. The first kappa shape index (κ1) is 11.3. The fourth-order valence-electron chi connectivity index (χ4n) is 1.26. The van der Waals surface area contributed by atoms with Gasteiger partial charge in [0.1, 0.15) is 6.33 Å². The average Bonchev–Trinajstić information content (AvgIpc) is 2.78. The first-order chi connectivity index (χ1) is 7.75. The Morgan fingerprint density at radius 2 is 2.38 bits per heavy atom. The standard InChI is InChI=1S/C11H10N2OS2/c1-8-3-2-4-9(5-8)10(14)6-15-11-12-7-13-16-11/h2-5,7H,6H2,1H3. The molecule has 0 unspecified atom stereocenters. The molecule has 5 heteroatoms. The van der Waals surface area contributed by atoms with Crippen molar-refractivity contribution in [2.75, 3.05) is 5.75 Å². The molecule has 0 aliphatic carbocycles.